The number of carbonyl (C=O) groups excluding carboxylic acids is 1. The Bertz CT molecular complexity index is 555. The van der Waals surface area contributed by atoms with E-state index in [9.17, 15) is 4.79 Å². The second-order valence-electron chi connectivity index (χ2n) is 4.80. The molecule has 0 saturated carbocycles. The minimum absolute atomic E-state index is 0.0668. The Morgan fingerprint density at radius 3 is 2.95 bits per heavy atom. The summed E-state index contributed by atoms with van der Waals surface area (Å²) < 4.78 is 0. The van der Waals surface area contributed by atoms with Crippen molar-refractivity contribution in [1.82, 2.24) is 5.32 Å². The van der Waals surface area contributed by atoms with Crippen molar-refractivity contribution < 1.29 is 4.79 Å². The van der Waals surface area contributed by atoms with Crippen LogP contribution in [0.1, 0.15) is 23.4 Å². The summed E-state index contributed by atoms with van der Waals surface area (Å²) in [5.74, 6) is 0.0668. The van der Waals surface area contributed by atoms with Gasteiger partial charge >= 0.3 is 0 Å². The molecule has 2 aromatic rings. The summed E-state index contributed by atoms with van der Waals surface area (Å²) in [7, 11) is 0. The van der Waals surface area contributed by atoms with E-state index in [0.29, 0.717) is 0 Å². The molecule has 2 atom stereocenters. The maximum Gasteiger partial charge on any atom is 0.243 e. The molecule has 3 nitrogen and oxygen atoms in total. The van der Waals surface area contributed by atoms with E-state index in [4.69, 9.17) is 0 Å². The average Bonchev–Trinajstić information content (AvgIpc) is 3.07. The first-order valence-electron chi connectivity index (χ1n) is 6.42. The number of benzene rings is 1. The van der Waals surface area contributed by atoms with Crippen LogP contribution in [-0.4, -0.2) is 11.9 Å². The first-order chi connectivity index (χ1) is 9.24. The Labute approximate surface area is 116 Å². The highest BCUT2D eigenvalue weighted by Crippen LogP contribution is 2.26. The van der Waals surface area contributed by atoms with Crippen LogP contribution in [-0.2, 0) is 11.2 Å². The van der Waals surface area contributed by atoms with E-state index in [2.05, 4.69) is 16.7 Å². The van der Waals surface area contributed by atoms with Crippen LogP contribution in [0.2, 0.25) is 0 Å². The lowest BCUT2D eigenvalue weighted by Crippen LogP contribution is -2.39. The number of thiophene rings is 1. The number of para-hydroxylation sites is 1. The van der Waals surface area contributed by atoms with Crippen molar-refractivity contribution in [3.05, 3.63) is 52.2 Å². The van der Waals surface area contributed by atoms with Crippen molar-refractivity contribution in [3.63, 3.8) is 0 Å². The summed E-state index contributed by atoms with van der Waals surface area (Å²) in [4.78, 5) is 13.4. The number of nitrogens with one attached hydrogen (secondary N) is 2. The largest absolute Gasteiger partial charge is 0.373 e. The summed E-state index contributed by atoms with van der Waals surface area (Å²) >= 11 is 1.67. The SMILES string of the molecule is C[C@@H](NC(=O)[C@@H]1Cc2ccccc2N1)c1cccs1. The molecule has 19 heavy (non-hydrogen) atoms. The molecule has 98 valence electrons. The van der Waals surface area contributed by atoms with Gasteiger partial charge in [0, 0.05) is 17.0 Å². The molecule has 0 aliphatic carbocycles. The Balaban J connectivity index is 1.64. The number of rotatable bonds is 3. The number of fused-ring (bicyclic) bond motifs is 1. The highest BCUT2D eigenvalue weighted by atomic mass is 32.1. The van der Waals surface area contributed by atoms with Crippen molar-refractivity contribution in [2.24, 2.45) is 0 Å². The fourth-order valence-corrected chi connectivity index (χ4v) is 3.11. The van der Waals surface area contributed by atoms with E-state index in [-0.39, 0.29) is 18.0 Å². The quantitative estimate of drug-likeness (QED) is 0.902. The second kappa shape index (κ2) is 5.05. The zero-order valence-corrected chi connectivity index (χ0v) is 11.5. The van der Waals surface area contributed by atoms with Gasteiger partial charge in [-0.05, 0) is 30.0 Å². The third kappa shape index (κ3) is 2.49. The average molecular weight is 272 g/mol. The molecule has 1 aliphatic rings. The van der Waals surface area contributed by atoms with Gasteiger partial charge in [0.15, 0.2) is 0 Å². The van der Waals surface area contributed by atoms with Crippen LogP contribution in [0.5, 0.6) is 0 Å². The van der Waals surface area contributed by atoms with Gasteiger partial charge in [-0.3, -0.25) is 4.79 Å². The van der Waals surface area contributed by atoms with E-state index in [1.54, 1.807) is 11.3 Å². The molecule has 0 fully saturated rings. The van der Waals surface area contributed by atoms with E-state index in [1.807, 2.05) is 42.6 Å². The normalized spacial score (nSPS) is 18.5. The van der Waals surface area contributed by atoms with Crippen molar-refractivity contribution in [1.29, 1.82) is 0 Å². The first-order valence-corrected chi connectivity index (χ1v) is 7.30. The van der Waals surface area contributed by atoms with Crippen molar-refractivity contribution >= 4 is 22.9 Å². The maximum atomic E-state index is 12.3. The Kier molecular flexibility index (Phi) is 3.25. The number of amides is 1. The van der Waals surface area contributed by atoms with Gasteiger partial charge in [-0.2, -0.15) is 0 Å². The molecule has 1 aromatic heterocycles. The minimum atomic E-state index is -0.153. The predicted octanol–water partition coefficient (Wildman–Crippen LogP) is 2.96. The molecule has 0 bridgehead atoms. The molecule has 0 spiro atoms. The van der Waals surface area contributed by atoms with E-state index < -0.39 is 0 Å². The lowest BCUT2D eigenvalue weighted by Gasteiger charge is -2.16. The first kappa shape index (κ1) is 12.2. The van der Waals surface area contributed by atoms with Crippen LogP contribution < -0.4 is 10.6 Å². The summed E-state index contributed by atoms with van der Waals surface area (Å²) in [6.45, 7) is 2.02. The van der Waals surface area contributed by atoms with Crippen LogP contribution in [0, 0.1) is 0 Å². The standard InChI is InChI=1S/C15H16N2OS/c1-10(14-7-4-8-19-14)16-15(18)13-9-11-5-2-3-6-12(11)17-13/h2-8,10,13,17H,9H2,1H3,(H,16,18)/t10-,13+/m1/s1. The Morgan fingerprint density at radius 1 is 1.37 bits per heavy atom. The van der Waals surface area contributed by atoms with Crippen molar-refractivity contribution in [2.75, 3.05) is 5.32 Å². The fraction of sp³-hybridized carbons (Fsp3) is 0.267. The summed E-state index contributed by atoms with van der Waals surface area (Å²) in [5, 5.41) is 8.37. The molecule has 1 aliphatic heterocycles. The smallest absolute Gasteiger partial charge is 0.243 e. The molecular formula is C15H16N2OS. The van der Waals surface area contributed by atoms with Gasteiger partial charge in [0.1, 0.15) is 6.04 Å². The van der Waals surface area contributed by atoms with E-state index in [1.165, 1.54) is 10.4 Å². The van der Waals surface area contributed by atoms with E-state index in [0.717, 1.165) is 12.1 Å². The topological polar surface area (TPSA) is 41.1 Å². The summed E-state index contributed by atoms with van der Waals surface area (Å²) in [5.41, 5.74) is 2.29. The molecular weight excluding hydrogens is 256 g/mol. The molecule has 0 saturated heterocycles. The van der Waals surface area contributed by atoms with Crippen LogP contribution in [0.25, 0.3) is 0 Å². The van der Waals surface area contributed by atoms with Crippen LogP contribution >= 0.6 is 11.3 Å². The monoisotopic (exact) mass is 272 g/mol. The van der Waals surface area contributed by atoms with Gasteiger partial charge in [0.05, 0.1) is 6.04 Å². The molecule has 2 N–H and O–H groups in total. The van der Waals surface area contributed by atoms with Crippen LogP contribution in [0.4, 0.5) is 5.69 Å². The van der Waals surface area contributed by atoms with E-state index >= 15 is 0 Å². The third-order valence-electron chi connectivity index (χ3n) is 3.42. The molecule has 3 rings (SSSR count). The summed E-state index contributed by atoms with van der Waals surface area (Å²) in [6, 6.07) is 12.1. The molecule has 2 heterocycles. The Hall–Kier alpha value is -1.81. The maximum absolute atomic E-state index is 12.3. The zero-order valence-electron chi connectivity index (χ0n) is 10.7. The van der Waals surface area contributed by atoms with Gasteiger partial charge in [0.25, 0.3) is 0 Å². The highest BCUT2D eigenvalue weighted by Gasteiger charge is 2.27. The van der Waals surface area contributed by atoms with Crippen molar-refractivity contribution in [2.45, 2.75) is 25.4 Å². The number of hydrogen-bond acceptors (Lipinski definition) is 3. The summed E-state index contributed by atoms with van der Waals surface area (Å²) in [6.07, 6.45) is 0.763. The van der Waals surface area contributed by atoms with Crippen LogP contribution in [0.15, 0.2) is 41.8 Å². The molecule has 4 heteroatoms. The van der Waals surface area contributed by atoms with Gasteiger partial charge in [0.2, 0.25) is 5.91 Å². The molecule has 1 aromatic carbocycles. The molecule has 0 radical (unpaired) electrons. The van der Waals surface area contributed by atoms with Gasteiger partial charge < -0.3 is 10.6 Å². The third-order valence-corrected chi connectivity index (χ3v) is 4.47. The number of carbonyl (C=O) groups is 1. The van der Waals surface area contributed by atoms with Gasteiger partial charge in [-0.25, -0.2) is 0 Å². The lowest BCUT2D eigenvalue weighted by molar-refractivity contribution is -0.122. The van der Waals surface area contributed by atoms with Crippen molar-refractivity contribution in [3.8, 4) is 0 Å². The van der Waals surface area contributed by atoms with Gasteiger partial charge in [-0.1, -0.05) is 24.3 Å². The molecule has 1 amide bonds. The number of anilines is 1. The molecule has 0 unspecified atom stereocenters. The predicted molar refractivity (Wildman–Crippen MR) is 78.4 cm³/mol. The van der Waals surface area contributed by atoms with Gasteiger partial charge in [-0.15, -0.1) is 11.3 Å². The fourth-order valence-electron chi connectivity index (χ4n) is 2.38. The lowest BCUT2D eigenvalue weighted by atomic mass is 10.1. The number of hydrogen-bond donors (Lipinski definition) is 2. The highest BCUT2D eigenvalue weighted by molar-refractivity contribution is 7.10. The Morgan fingerprint density at radius 2 is 2.21 bits per heavy atom. The minimum Gasteiger partial charge on any atom is -0.373 e. The zero-order chi connectivity index (χ0) is 13.2. The second-order valence-corrected chi connectivity index (χ2v) is 5.78. The van der Waals surface area contributed by atoms with Crippen LogP contribution in [0.3, 0.4) is 0 Å².